The Balaban J connectivity index is 1.99. The maximum atomic E-state index is 10.6. The Morgan fingerprint density at radius 1 is 1.44 bits per heavy atom. The molecule has 2 atom stereocenters. The van der Waals surface area contributed by atoms with Gasteiger partial charge in [-0.15, -0.1) is 0 Å². The molecule has 0 aromatic heterocycles. The molecule has 1 aromatic carbocycles. The molecule has 3 heteroatoms. The molecule has 0 fully saturated rings. The minimum Gasteiger partial charge on any atom is -0.388 e. The van der Waals surface area contributed by atoms with E-state index in [2.05, 4.69) is 35.8 Å². The van der Waals surface area contributed by atoms with Crippen molar-refractivity contribution in [3.8, 4) is 0 Å². The largest absolute Gasteiger partial charge is 0.388 e. The first-order valence-electron chi connectivity index (χ1n) is 6.91. The number of nitrogens with one attached hydrogen (secondary N) is 2. The highest BCUT2D eigenvalue weighted by molar-refractivity contribution is 5.54. The second-order valence-corrected chi connectivity index (χ2v) is 5.35. The standard InChI is InChI=1S/C15H24N2O/c1-3-16-11-10-15(2,18)14-9-8-12-6-4-5-7-13(12)17-14/h4-7,14,16-18H,3,8-11H2,1-2H3. The molecule has 3 nitrogen and oxygen atoms in total. The van der Waals surface area contributed by atoms with Crippen molar-refractivity contribution < 1.29 is 5.11 Å². The lowest BCUT2D eigenvalue weighted by Gasteiger charge is -2.38. The molecule has 2 unspecified atom stereocenters. The Kier molecular flexibility index (Phi) is 4.25. The van der Waals surface area contributed by atoms with Gasteiger partial charge in [0.25, 0.3) is 0 Å². The van der Waals surface area contributed by atoms with Crippen LogP contribution in [0.1, 0.15) is 32.3 Å². The van der Waals surface area contributed by atoms with Crippen LogP contribution >= 0.6 is 0 Å². The monoisotopic (exact) mass is 248 g/mol. The summed E-state index contributed by atoms with van der Waals surface area (Å²) in [5.41, 5.74) is 1.88. The third kappa shape index (κ3) is 3.03. The molecule has 1 aliphatic heterocycles. The van der Waals surface area contributed by atoms with E-state index >= 15 is 0 Å². The maximum Gasteiger partial charge on any atom is 0.0831 e. The van der Waals surface area contributed by atoms with Crippen LogP contribution in [0.3, 0.4) is 0 Å². The molecule has 0 bridgehead atoms. The molecule has 1 aliphatic rings. The van der Waals surface area contributed by atoms with Gasteiger partial charge in [0.15, 0.2) is 0 Å². The van der Waals surface area contributed by atoms with E-state index in [0.29, 0.717) is 0 Å². The summed E-state index contributed by atoms with van der Waals surface area (Å²) in [4.78, 5) is 0. The topological polar surface area (TPSA) is 44.3 Å². The first-order chi connectivity index (χ1) is 8.63. The summed E-state index contributed by atoms with van der Waals surface area (Å²) in [6.07, 6.45) is 2.82. The number of aryl methyl sites for hydroxylation is 1. The summed E-state index contributed by atoms with van der Waals surface area (Å²) < 4.78 is 0. The normalized spacial score (nSPS) is 21.8. The third-order valence-corrected chi connectivity index (χ3v) is 3.86. The molecular formula is C15H24N2O. The first-order valence-corrected chi connectivity index (χ1v) is 6.91. The fourth-order valence-corrected chi connectivity index (χ4v) is 2.60. The van der Waals surface area contributed by atoms with Crippen molar-refractivity contribution in [3.63, 3.8) is 0 Å². The summed E-state index contributed by atoms with van der Waals surface area (Å²) in [5, 5.41) is 17.4. The van der Waals surface area contributed by atoms with Gasteiger partial charge in [-0.25, -0.2) is 0 Å². The van der Waals surface area contributed by atoms with Gasteiger partial charge in [-0.2, -0.15) is 0 Å². The molecule has 0 spiro atoms. The van der Waals surface area contributed by atoms with E-state index in [0.717, 1.165) is 32.4 Å². The lowest BCUT2D eigenvalue weighted by Crippen LogP contribution is -2.48. The molecule has 1 heterocycles. The van der Waals surface area contributed by atoms with Crippen LogP contribution in [0.5, 0.6) is 0 Å². The lowest BCUT2D eigenvalue weighted by atomic mass is 9.85. The van der Waals surface area contributed by atoms with Crippen LogP contribution < -0.4 is 10.6 Å². The van der Waals surface area contributed by atoms with E-state index in [9.17, 15) is 5.11 Å². The summed E-state index contributed by atoms with van der Waals surface area (Å²) in [5.74, 6) is 0. The van der Waals surface area contributed by atoms with Crippen LogP contribution in [0.2, 0.25) is 0 Å². The van der Waals surface area contributed by atoms with E-state index in [1.54, 1.807) is 0 Å². The highest BCUT2D eigenvalue weighted by Crippen LogP contribution is 2.30. The third-order valence-electron chi connectivity index (χ3n) is 3.86. The van der Waals surface area contributed by atoms with E-state index in [1.807, 2.05) is 13.0 Å². The molecule has 0 saturated heterocycles. The molecule has 2 rings (SSSR count). The van der Waals surface area contributed by atoms with Crippen LogP contribution in [-0.2, 0) is 6.42 Å². The van der Waals surface area contributed by atoms with E-state index in [4.69, 9.17) is 0 Å². The van der Waals surface area contributed by atoms with Crippen molar-refractivity contribution in [2.24, 2.45) is 0 Å². The number of aliphatic hydroxyl groups is 1. The maximum absolute atomic E-state index is 10.6. The minimum atomic E-state index is -0.657. The van der Waals surface area contributed by atoms with Crippen LogP contribution in [0.4, 0.5) is 5.69 Å². The number of rotatable bonds is 5. The average molecular weight is 248 g/mol. The quantitative estimate of drug-likeness (QED) is 0.700. The Morgan fingerprint density at radius 2 is 2.22 bits per heavy atom. The van der Waals surface area contributed by atoms with Crippen molar-refractivity contribution in [2.45, 2.75) is 44.8 Å². The highest BCUT2D eigenvalue weighted by Gasteiger charge is 2.33. The van der Waals surface area contributed by atoms with Crippen molar-refractivity contribution in [2.75, 3.05) is 18.4 Å². The number of para-hydroxylation sites is 1. The zero-order chi connectivity index (χ0) is 13.0. The van der Waals surface area contributed by atoms with Crippen molar-refractivity contribution >= 4 is 5.69 Å². The fraction of sp³-hybridized carbons (Fsp3) is 0.600. The predicted molar refractivity (Wildman–Crippen MR) is 76.0 cm³/mol. The Morgan fingerprint density at radius 3 is 3.00 bits per heavy atom. The van der Waals surface area contributed by atoms with Gasteiger partial charge in [-0.3, -0.25) is 0 Å². The molecule has 18 heavy (non-hydrogen) atoms. The summed E-state index contributed by atoms with van der Waals surface area (Å²) >= 11 is 0. The highest BCUT2D eigenvalue weighted by atomic mass is 16.3. The van der Waals surface area contributed by atoms with Gasteiger partial charge in [-0.05, 0) is 50.9 Å². The second kappa shape index (κ2) is 5.72. The van der Waals surface area contributed by atoms with Crippen molar-refractivity contribution in [1.82, 2.24) is 5.32 Å². The number of anilines is 1. The first kappa shape index (κ1) is 13.4. The zero-order valence-corrected chi connectivity index (χ0v) is 11.4. The van der Waals surface area contributed by atoms with Gasteiger partial charge < -0.3 is 15.7 Å². The van der Waals surface area contributed by atoms with Crippen molar-refractivity contribution in [3.05, 3.63) is 29.8 Å². The summed E-state index contributed by atoms with van der Waals surface area (Å²) in [7, 11) is 0. The molecule has 3 N–H and O–H groups in total. The van der Waals surface area contributed by atoms with Gasteiger partial charge in [0.05, 0.1) is 11.6 Å². The van der Waals surface area contributed by atoms with Gasteiger partial charge in [0.1, 0.15) is 0 Å². The smallest absolute Gasteiger partial charge is 0.0831 e. The Hall–Kier alpha value is -1.06. The molecule has 1 aromatic rings. The lowest BCUT2D eigenvalue weighted by molar-refractivity contribution is 0.0279. The summed E-state index contributed by atoms with van der Waals surface area (Å²) in [6, 6.07) is 8.52. The fourth-order valence-electron chi connectivity index (χ4n) is 2.60. The van der Waals surface area contributed by atoms with E-state index < -0.39 is 5.60 Å². The minimum absolute atomic E-state index is 0.144. The van der Waals surface area contributed by atoms with Crippen LogP contribution in [-0.4, -0.2) is 29.8 Å². The van der Waals surface area contributed by atoms with Gasteiger partial charge in [-0.1, -0.05) is 25.1 Å². The zero-order valence-electron chi connectivity index (χ0n) is 11.4. The molecule has 100 valence electrons. The number of hydrogen-bond donors (Lipinski definition) is 3. The van der Waals surface area contributed by atoms with E-state index in [1.165, 1.54) is 11.3 Å². The summed E-state index contributed by atoms with van der Waals surface area (Å²) in [6.45, 7) is 5.85. The Bertz CT molecular complexity index is 390. The van der Waals surface area contributed by atoms with Gasteiger partial charge >= 0.3 is 0 Å². The SMILES string of the molecule is CCNCCC(C)(O)C1CCc2ccccc2N1. The van der Waals surface area contributed by atoms with Gasteiger partial charge in [0, 0.05) is 5.69 Å². The Labute approximate surface area is 110 Å². The molecule has 0 radical (unpaired) electrons. The second-order valence-electron chi connectivity index (χ2n) is 5.35. The number of benzene rings is 1. The van der Waals surface area contributed by atoms with Crippen LogP contribution in [0.15, 0.2) is 24.3 Å². The van der Waals surface area contributed by atoms with Gasteiger partial charge in [0.2, 0.25) is 0 Å². The molecule has 0 aliphatic carbocycles. The van der Waals surface area contributed by atoms with Crippen molar-refractivity contribution in [1.29, 1.82) is 0 Å². The predicted octanol–water partition coefficient (Wildman–Crippen LogP) is 2.16. The average Bonchev–Trinajstić information content (AvgIpc) is 2.38. The molecular weight excluding hydrogens is 224 g/mol. The van der Waals surface area contributed by atoms with E-state index in [-0.39, 0.29) is 6.04 Å². The molecule has 0 saturated carbocycles. The number of fused-ring (bicyclic) bond motifs is 1. The van der Waals surface area contributed by atoms with Crippen LogP contribution in [0.25, 0.3) is 0 Å². The van der Waals surface area contributed by atoms with Crippen LogP contribution in [0, 0.1) is 0 Å². The molecule has 0 amide bonds. The number of hydrogen-bond acceptors (Lipinski definition) is 3.